The molecule has 2 rings (SSSR count). The molecule has 0 saturated carbocycles. The number of nitrogens with zero attached hydrogens (tertiary/aromatic N) is 1. The molecule has 0 bridgehead atoms. The van der Waals surface area contributed by atoms with Crippen LogP contribution in [0.4, 0.5) is 0 Å². The maximum absolute atomic E-state index is 10.4. The molecule has 0 aliphatic rings. The number of carbonyl (C=O) groups is 1. The van der Waals surface area contributed by atoms with Gasteiger partial charge in [-0.3, -0.25) is 4.79 Å². The lowest BCUT2D eigenvalue weighted by Gasteiger charge is -2.24. The lowest BCUT2D eigenvalue weighted by molar-refractivity contribution is -0.110. The van der Waals surface area contributed by atoms with Crippen molar-refractivity contribution in [2.24, 2.45) is 5.73 Å². The summed E-state index contributed by atoms with van der Waals surface area (Å²) >= 11 is 0. The van der Waals surface area contributed by atoms with Crippen molar-refractivity contribution < 1.29 is 4.79 Å². The molecule has 0 saturated heterocycles. The lowest BCUT2D eigenvalue weighted by Crippen LogP contribution is -2.45. The average molecular weight is 311 g/mol. The van der Waals surface area contributed by atoms with Crippen molar-refractivity contribution in [1.29, 1.82) is 0 Å². The van der Waals surface area contributed by atoms with Crippen molar-refractivity contribution in [3.8, 4) is 0 Å². The van der Waals surface area contributed by atoms with E-state index in [2.05, 4.69) is 58.7 Å². The Labute approximate surface area is 138 Å². The van der Waals surface area contributed by atoms with Crippen LogP contribution in [0.15, 0.2) is 60.7 Å². The maximum Gasteiger partial charge on any atom is 0.208 e. The fraction of sp³-hybridized carbons (Fsp3) is 0.316. The number of carbonyl (C=O) groups excluding carboxylic acids is 1. The molecule has 0 aliphatic heterocycles. The van der Waals surface area contributed by atoms with Crippen molar-refractivity contribution >= 4 is 6.41 Å². The van der Waals surface area contributed by atoms with Crippen LogP contribution < -0.4 is 11.1 Å². The first kappa shape index (κ1) is 17.2. The van der Waals surface area contributed by atoms with Crippen molar-refractivity contribution in [2.75, 3.05) is 20.1 Å². The maximum atomic E-state index is 10.4. The highest BCUT2D eigenvalue weighted by Gasteiger charge is 2.15. The van der Waals surface area contributed by atoms with Crippen molar-refractivity contribution in [3.05, 3.63) is 71.8 Å². The number of amides is 1. The Morgan fingerprint density at radius 2 is 1.57 bits per heavy atom. The van der Waals surface area contributed by atoms with Gasteiger partial charge >= 0.3 is 0 Å². The number of benzene rings is 2. The predicted molar refractivity (Wildman–Crippen MR) is 94.0 cm³/mol. The summed E-state index contributed by atoms with van der Waals surface area (Å²) in [5.41, 5.74) is 8.47. The summed E-state index contributed by atoms with van der Waals surface area (Å²) in [5, 5.41) is 2.58. The number of hydrogen-bond acceptors (Lipinski definition) is 3. The molecule has 0 fully saturated rings. The van der Waals surface area contributed by atoms with Gasteiger partial charge in [-0.25, -0.2) is 0 Å². The van der Waals surface area contributed by atoms with Crippen LogP contribution in [0, 0.1) is 0 Å². The zero-order chi connectivity index (χ0) is 16.5. The largest absolute Gasteiger partial charge is 0.342 e. The second-order valence-electron chi connectivity index (χ2n) is 5.82. The highest BCUT2D eigenvalue weighted by Crippen LogP contribution is 2.27. The van der Waals surface area contributed by atoms with Crippen LogP contribution in [-0.4, -0.2) is 37.6 Å². The first-order valence-corrected chi connectivity index (χ1v) is 7.94. The number of hydrogen-bond donors (Lipinski definition) is 2. The molecule has 1 atom stereocenters. The van der Waals surface area contributed by atoms with E-state index in [1.165, 1.54) is 11.1 Å². The van der Waals surface area contributed by atoms with Crippen LogP contribution in [0.1, 0.15) is 23.5 Å². The fourth-order valence-corrected chi connectivity index (χ4v) is 2.81. The zero-order valence-electron chi connectivity index (χ0n) is 13.6. The van der Waals surface area contributed by atoms with Crippen molar-refractivity contribution in [1.82, 2.24) is 10.2 Å². The molecule has 23 heavy (non-hydrogen) atoms. The van der Waals surface area contributed by atoms with E-state index in [0.717, 1.165) is 13.0 Å². The monoisotopic (exact) mass is 311 g/mol. The van der Waals surface area contributed by atoms with E-state index < -0.39 is 0 Å². The van der Waals surface area contributed by atoms with Gasteiger partial charge in [0.05, 0.1) is 6.17 Å². The minimum atomic E-state index is -0.329. The van der Waals surface area contributed by atoms with Gasteiger partial charge in [0.25, 0.3) is 0 Å². The highest BCUT2D eigenvalue weighted by atomic mass is 16.1. The summed E-state index contributed by atoms with van der Waals surface area (Å²) in [7, 11) is 2.03. The summed E-state index contributed by atoms with van der Waals surface area (Å²) in [6.07, 6.45) is 1.32. The smallest absolute Gasteiger partial charge is 0.208 e. The van der Waals surface area contributed by atoms with Crippen molar-refractivity contribution in [2.45, 2.75) is 18.5 Å². The summed E-state index contributed by atoms with van der Waals surface area (Å²) in [6, 6.07) is 21.1. The Hall–Kier alpha value is -2.17. The molecule has 1 unspecified atom stereocenters. The van der Waals surface area contributed by atoms with Gasteiger partial charge in [0.2, 0.25) is 6.41 Å². The Morgan fingerprint density at radius 1 is 1.04 bits per heavy atom. The van der Waals surface area contributed by atoms with E-state index in [9.17, 15) is 4.79 Å². The van der Waals surface area contributed by atoms with E-state index in [-0.39, 0.29) is 6.17 Å². The third kappa shape index (κ3) is 5.51. The molecule has 4 heteroatoms. The molecule has 2 aromatic rings. The number of nitrogens with one attached hydrogen (secondary N) is 1. The van der Waals surface area contributed by atoms with Gasteiger partial charge in [-0.15, -0.1) is 0 Å². The van der Waals surface area contributed by atoms with E-state index >= 15 is 0 Å². The Kier molecular flexibility index (Phi) is 6.78. The number of nitrogens with two attached hydrogens (primary N) is 1. The molecule has 4 nitrogen and oxygen atoms in total. The van der Waals surface area contributed by atoms with Crippen LogP contribution in [0.3, 0.4) is 0 Å². The average Bonchev–Trinajstić information content (AvgIpc) is 2.57. The van der Waals surface area contributed by atoms with Gasteiger partial charge in [-0.2, -0.15) is 0 Å². The molecule has 0 aliphatic carbocycles. The molecule has 0 heterocycles. The summed E-state index contributed by atoms with van der Waals surface area (Å²) < 4.78 is 0. The molecule has 0 radical (unpaired) electrons. The molecule has 3 N–H and O–H groups in total. The van der Waals surface area contributed by atoms with E-state index in [4.69, 9.17) is 5.73 Å². The van der Waals surface area contributed by atoms with Crippen molar-refractivity contribution in [3.63, 3.8) is 0 Å². The molecular formula is C19H25N3O. The first-order chi connectivity index (χ1) is 11.2. The summed E-state index contributed by atoms with van der Waals surface area (Å²) in [4.78, 5) is 12.6. The molecule has 1 amide bonds. The molecule has 122 valence electrons. The molecule has 2 aromatic carbocycles. The van der Waals surface area contributed by atoms with Gasteiger partial charge < -0.3 is 16.0 Å². The molecular weight excluding hydrogens is 286 g/mol. The number of rotatable bonds is 9. The van der Waals surface area contributed by atoms with Crippen LogP contribution >= 0.6 is 0 Å². The normalized spacial score (nSPS) is 12.3. The van der Waals surface area contributed by atoms with Crippen LogP contribution in [0.5, 0.6) is 0 Å². The van der Waals surface area contributed by atoms with Gasteiger partial charge in [0.15, 0.2) is 0 Å². The lowest BCUT2D eigenvalue weighted by atomic mass is 9.88. The SMILES string of the molecule is CN(CCC(c1ccccc1)c1ccccc1)CC(N)NC=O. The highest BCUT2D eigenvalue weighted by molar-refractivity contribution is 5.46. The van der Waals surface area contributed by atoms with Gasteiger partial charge in [-0.05, 0) is 31.1 Å². The van der Waals surface area contributed by atoms with Gasteiger partial charge in [-0.1, -0.05) is 60.7 Å². The standard InChI is InChI=1S/C19H25N3O/c1-22(14-19(20)21-15-23)13-12-18(16-8-4-2-5-9-16)17-10-6-3-7-11-17/h2-11,15,18-19H,12-14,20H2,1H3,(H,21,23). The number of likely N-dealkylation sites (N-methyl/N-ethyl adjacent to an activating group) is 1. The van der Waals surface area contributed by atoms with Gasteiger partial charge in [0.1, 0.15) is 0 Å². The molecule has 0 spiro atoms. The second-order valence-corrected chi connectivity index (χ2v) is 5.82. The quantitative estimate of drug-likeness (QED) is 0.551. The Bertz CT molecular complexity index is 534. The zero-order valence-corrected chi connectivity index (χ0v) is 13.6. The van der Waals surface area contributed by atoms with E-state index in [0.29, 0.717) is 18.9 Å². The summed E-state index contributed by atoms with van der Waals surface area (Å²) in [5.74, 6) is 0.357. The van der Waals surface area contributed by atoms with Gasteiger partial charge in [0, 0.05) is 12.5 Å². The third-order valence-corrected chi connectivity index (χ3v) is 3.99. The predicted octanol–water partition coefficient (Wildman–Crippen LogP) is 2.17. The van der Waals surface area contributed by atoms with Crippen LogP contribution in [0.2, 0.25) is 0 Å². The first-order valence-electron chi connectivity index (χ1n) is 7.94. The summed E-state index contributed by atoms with van der Waals surface area (Å²) in [6.45, 7) is 1.54. The Morgan fingerprint density at radius 3 is 2.04 bits per heavy atom. The van der Waals surface area contributed by atoms with Crippen LogP contribution in [0.25, 0.3) is 0 Å². The third-order valence-electron chi connectivity index (χ3n) is 3.99. The van der Waals surface area contributed by atoms with Crippen LogP contribution in [-0.2, 0) is 4.79 Å². The second kappa shape index (κ2) is 9.08. The minimum absolute atomic E-state index is 0.329. The topological polar surface area (TPSA) is 58.4 Å². The van der Waals surface area contributed by atoms with E-state index in [1.54, 1.807) is 0 Å². The molecule has 0 aromatic heterocycles. The Balaban J connectivity index is 2.03. The van der Waals surface area contributed by atoms with E-state index in [1.807, 2.05) is 19.2 Å². The minimum Gasteiger partial charge on any atom is -0.342 e. The fourth-order valence-electron chi connectivity index (χ4n) is 2.81.